The van der Waals surface area contributed by atoms with Crippen LogP contribution >= 0.6 is 0 Å². The number of aromatic amines is 2. The number of hydrogen-bond donors (Lipinski definition) is 2. The molecular weight excluding hydrogens is 394 g/mol. The first kappa shape index (κ1) is 21.0. The highest BCUT2D eigenvalue weighted by atomic mass is 15.1. The summed E-state index contributed by atoms with van der Waals surface area (Å²) in [6, 6.07) is 11.9. The molecule has 0 saturated carbocycles. The van der Waals surface area contributed by atoms with E-state index in [9.17, 15) is 0 Å². The Labute approximate surface area is 187 Å². The van der Waals surface area contributed by atoms with Gasteiger partial charge >= 0.3 is 0 Å². The van der Waals surface area contributed by atoms with Gasteiger partial charge in [0.2, 0.25) is 0 Å². The van der Waals surface area contributed by atoms with Crippen LogP contribution in [0.15, 0.2) is 92.2 Å². The van der Waals surface area contributed by atoms with Gasteiger partial charge in [0.1, 0.15) is 11.2 Å². The van der Waals surface area contributed by atoms with Gasteiger partial charge in [0.05, 0.1) is 22.6 Å². The molecule has 158 valence electrons. The average molecular weight is 420 g/mol. The van der Waals surface area contributed by atoms with Crippen molar-refractivity contribution in [2.45, 2.75) is 13.8 Å². The lowest BCUT2D eigenvalue weighted by molar-refractivity contribution is 1.11. The van der Waals surface area contributed by atoms with Crippen LogP contribution in [0.25, 0.3) is 33.6 Å². The van der Waals surface area contributed by atoms with E-state index in [1.807, 2.05) is 56.3 Å². The topological polar surface area (TPSA) is 70.2 Å². The van der Waals surface area contributed by atoms with Crippen molar-refractivity contribution in [3.63, 3.8) is 0 Å². The first-order chi connectivity index (χ1) is 15.5. The second kappa shape index (κ2) is 8.86. The molecule has 0 aliphatic carbocycles. The SMILES string of the molecule is C=C/C=C(/C)C(=C)c1ccc2[nH]nc(-c3cc(/C(=C\C=C)c4ccccn4)c(C)[nH]3)c2n1. The highest BCUT2D eigenvalue weighted by molar-refractivity contribution is 5.92. The van der Waals surface area contributed by atoms with E-state index in [4.69, 9.17) is 4.98 Å². The maximum Gasteiger partial charge on any atom is 0.135 e. The van der Waals surface area contributed by atoms with Crippen molar-refractivity contribution >= 4 is 22.2 Å². The normalized spacial score (nSPS) is 12.2. The molecule has 0 aromatic carbocycles. The molecule has 2 N–H and O–H groups in total. The van der Waals surface area contributed by atoms with Gasteiger partial charge in [0.15, 0.2) is 0 Å². The number of allylic oxidation sites excluding steroid dienone is 6. The molecule has 4 aromatic heterocycles. The van der Waals surface area contributed by atoms with Crippen LogP contribution in [-0.2, 0) is 0 Å². The lowest BCUT2D eigenvalue weighted by atomic mass is 10.0. The largest absolute Gasteiger partial charge is 0.357 e. The second-order valence-electron chi connectivity index (χ2n) is 7.48. The van der Waals surface area contributed by atoms with E-state index in [1.54, 1.807) is 18.3 Å². The lowest BCUT2D eigenvalue weighted by Gasteiger charge is -2.05. The number of hydrogen-bond acceptors (Lipinski definition) is 3. The van der Waals surface area contributed by atoms with Crippen molar-refractivity contribution in [1.29, 1.82) is 0 Å². The van der Waals surface area contributed by atoms with Gasteiger partial charge in [0.25, 0.3) is 0 Å². The summed E-state index contributed by atoms with van der Waals surface area (Å²) in [6.07, 6.45) is 9.22. The van der Waals surface area contributed by atoms with E-state index in [0.717, 1.165) is 61.8 Å². The molecule has 0 spiro atoms. The fourth-order valence-corrected chi connectivity index (χ4v) is 3.65. The number of fused-ring (bicyclic) bond motifs is 1. The Hall–Kier alpha value is -4.25. The maximum atomic E-state index is 4.86. The third-order valence-electron chi connectivity index (χ3n) is 5.35. The number of nitrogens with one attached hydrogen (secondary N) is 2. The molecule has 0 bridgehead atoms. The minimum atomic E-state index is 0.758. The van der Waals surface area contributed by atoms with E-state index < -0.39 is 0 Å². The smallest absolute Gasteiger partial charge is 0.135 e. The molecule has 4 heterocycles. The summed E-state index contributed by atoms with van der Waals surface area (Å²) >= 11 is 0. The molecule has 0 radical (unpaired) electrons. The van der Waals surface area contributed by atoms with Crippen LogP contribution in [0.4, 0.5) is 0 Å². The zero-order valence-corrected chi connectivity index (χ0v) is 18.3. The van der Waals surface area contributed by atoms with Crippen LogP contribution < -0.4 is 0 Å². The Bertz CT molecular complexity index is 1380. The summed E-state index contributed by atoms with van der Waals surface area (Å²) < 4.78 is 0. The molecule has 4 aromatic rings. The summed E-state index contributed by atoms with van der Waals surface area (Å²) in [7, 11) is 0. The number of aromatic nitrogens is 5. The quantitative estimate of drug-likeness (QED) is 0.340. The van der Waals surface area contributed by atoms with Gasteiger partial charge in [-0.2, -0.15) is 5.10 Å². The van der Waals surface area contributed by atoms with Crippen molar-refractivity contribution in [3.8, 4) is 11.4 Å². The second-order valence-corrected chi connectivity index (χ2v) is 7.48. The summed E-state index contributed by atoms with van der Waals surface area (Å²) in [6.45, 7) is 15.9. The number of nitrogens with zero attached hydrogens (tertiary/aromatic N) is 3. The molecule has 0 atom stereocenters. The molecule has 0 saturated heterocycles. The molecule has 0 amide bonds. The third-order valence-corrected chi connectivity index (χ3v) is 5.35. The number of H-pyrrole nitrogens is 2. The first-order valence-electron chi connectivity index (χ1n) is 10.3. The molecule has 4 rings (SSSR count). The first-order valence-corrected chi connectivity index (χ1v) is 10.3. The number of pyridine rings is 2. The molecule has 32 heavy (non-hydrogen) atoms. The maximum absolute atomic E-state index is 4.86. The third kappa shape index (κ3) is 3.88. The molecule has 0 fully saturated rings. The van der Waals surface area contributed by atoms with Gasteiger partial charge in [-0.3, -0.25) is 10.1 Å². The van der Waals surface area contributed by atoms with Gasteiger partial charge in [-0.1, -0.05) is 50.1 Å². The highest BCUT2D eigenvalue weighted by Gasteiger charge is 2.17. The molecule has 0 aliphatic heterocycles. The average Bonchev–Trinajstić information content (AvgIpc) is 3.40. The molecule has 5 heteroatoms. The summed E-state index contributed by atoms with van der Waals surface area (Å²) in [5.74, 6) is 0. The minimum absolute atomic E-state index is 0.758. The van der Waals surface area contributed by atoms with E-state index in [-0.39, 0.29) is 0 Å². The van der Waals surface area contributed by atoms with Crippen molar-refractivity contribution in [1.82, 2.24) is 25.1 Å². The van der Waals surface area contributed by atoms with Crippen molar-refractivity contribution in [2.75, 3.05) is 0 Å². The Morgan fingerprint density at radius 2 is 1.84 bits per heavy atom. The Kier molecular flexibility index (Phi) is 5.81. The Morgan fingerprint density at radius 3 is 2.56 bits per heavy atom. The zero-order chi connectivity index (χ0) is 22.7. The van der Waals surface area contributed by atoms with Crippen LogP contribution in [0.3, 0.4) is 0 Å². The zero-order valence-electron chi connectivity index (χ0n) is 18.3. The highest BCUT2D eigenvalue weighted by Crippen LogP contribution is 2.32. The predicted octanol–water partition coefficient (Wildman–Crippen LogP) is 6.42. The molecule has 0 unspecified atom stereocenters. The molecular formula is C27H25N5. The monoisotopic (exact) mass is 419 g/mol. The van der Waals surface area contributed by atoms with Gasteiger partial charge < -0.3 is 4.98 Å². The van der Waals surface area contributed by atoms with Crippen LogP contribution in [0.1, 0.15) is 29.6 Å². The standard InChI is InChI=1S/C27H25N5/c1-6-10-17(3)18(4)22-13-14-24-26(30-22)27(32-31-24)25-16-21(19(5)29-25)20(11-7-2)23-12-8-9-15-28-23/h6-16,29H,1-2,4H2,3,5H3,(H,31,32)/b17-10-,20-11+. The minimum Gasteiger partial charge on any atom is -0.357 e. The van der Waals surface area contributed by atoms with Crippen molar-refractivity contribution in [3.05, 3.63) is 115 Å². The van der Waals surface area contributed by atoms with E-state index in [1.165, 1.54) is 0 Å². The lowest BCUT2D eigenvalue weighted by Crippen LogP contribution is -1.91. The van der Waals surface area contributed by atoms with Crippen LogP contribution in [0.2, 0.25) is 0 Å². The van der Waals surface area contributed by atoms with Crippen molar-refractivity contribution < 1.29 is 0 Å². The van der Waals surface area contributed by atoms with Crippen molar-refractivity contribution in [2.24, 2.45) is 0 Å². The van der Waals surface area contributed by atoms with Crippen LogP contribution in [0, 0.1) is 6.92 Å². The van der Waals surface area contributed by atoms with Crippen LogP contribution in [-0.4, -0.2) is 25.1 Å². The van der Waals surface area contributed by atoms with E-state index in [2.05, 4.69) is 46.0 Å². The number of aryl methyl sites for hydroxylation is 1. The molecule has 5 nitrogen and oxygen atoms in total. The van der Waals surface area contributed by atoms with Gasteiger partial charge in [-0.05, 0) is 55.3 Å². The summed E-state index contributed by atoms with van der Waals surface area (Å²) in [4.78, 5) is 12.8. The summed E-state index contributed by atoms with van der Waals surface area (Å²) in [5, 5.41) is 7.63. The van der Waals surface area contributed by atoms with Gasteiger partial charge in [0, 0.05) is 23.0 Å². The van der Waals surface area contributed by atoms with Gasteiger partial charge in [-0.15, -0.1) is 0 Å². The Balaban J connectivity index is 1.80. The molecule has 0 aliphatic rings. The Morgan fingerprint density at radius 1 is 1.03 bits per heavy atom. The predicted molar refractivity (Wildman–Crippen MR) is 133 cm³/mol. The fourth-order valence-electron chi connectivity index (χ4n) is 3.65. The fraction of sp³-hybridized carbons (Fsp3) is 0.0741. The van der Waals surface area contributed by atoms with Crippen LogP contribution in [0.5, 0.6) is 0 Å². The van der Waals surface area contributed by atoms with Gasteiger partial charge in [-0.25, -0.2) is 4.98 Å². The van der Waals surface area contributed by atoms with E-state index in [0.29, 0.717) is 0 Å². The van der Waals surface area contributed by atoms with E-state index >= 15 is 0 Å². The summed E-state index contributed by atoms with van der Waals surface area (Å²) in [5.41, 5.74) is 9.90. The number of rotatable bonds is 7.